The number of ether oxygens (including phenoxy) is 1. The van der Waals surface area contributed by atoms with Gasteiger partial charge in [-0.15, -0.1) is 0 Å². The maximum atomic E-state index is 10.9. The minimum Gasteiger partial charge on any atom is -0.465 e. The van der Waals surface area contributed by atoms with Crippen molar-refractivity contribution in [2.24, 2.45) is 0 Å². The summed E-state index contributed by atoms with van der Waals surface area (Å²) in [5, 5.41) is 12.2. The number of H-pyrrole nitrogens is 1. The molecule has 22 heavy (non-hydrogen) atoms. The van der Waals surface area contributed by atoms with Crippen LogP contribution in [-0.4, -0.2) is 39.9 Å². The molecule has 116 valence electrons. The van der Waals surface area contributed by atoms with Gasteiger partial charge in [-0.1, -0.05) is 17.7 Å². The molecule has 2 heterocycles. The first-order chi connectivity index (χ1) is 10.5. The van der Waals surface area contributed by atoms with E-state index in [1.807, 2.05) is 25.1 Å². The topological polar surface area (TPSA) is 87.2 Å². The zero-order chi connectivity index (χ0) is 15.7. The van der Waals surface area contributed by atoms with Crippen LogP contribution < -0.4 is 5.32 Å². The van der Waals surface area contributed by atoms with Crippen molar-refractivity contribution in [3.05, 3.63) is 40.8 Å². The molecule has 0 unspecified atom stereocenters. The van der Waals surface area contributed by atoms with Crippen LogP contribution in [0.3, 0.4) is 0 Å². The Morgan fingerprint density at radius 2 is 2.32 bits per heavy atom. The van der Waals surface area contributed by atoms with Crippen molar-refractivity contribution in [2.45, 2.75) is 18.9 Å². The van der Waals surface area contributed by atoms with E-state index in [-0.39, 0.29) is 0 Å². The quantitative estimate of drug-likeness (QED) is 0.807. The number of imidazole rings is 1. The molecule has 1 fully saturated rings. The number of benzene rings is 1. The molecule has 0 atom stereocenters. The second-order valence-corrected chi connectivity index (χ2v) is 5.99. The maximum Gasteiger partial charge on any atom is 0.405 e. The van der Waals surface area contributed by atoms with Crippen LogP contribution in [-0.2, 0) is 11.2 Å². The first-order valence-corrected chi connectivity index (χ1v) is 7.24. The average molecular weight is 322 g/mol. The molecule has 3 N–H and O–H groups in total. The number of nitrogens with zero attached hydrogens (tertiary/aromatic N) is 1. The number of amides is 1. The SMILES string of the molecule is Cc1cc(-c2cnc(CC3(NC(=O)O)COC3)[nH]2)ccc1Cl. The standard InChI is InChI=1S/C15H16ClN3O3/c1-9-4-10(2-3-11(9)16)12-6-17-13(18-12)5-15(7-22-8-15)19-14(20)21/h2-4,6,19H,5,7-8H2,1H3,(H,17,18)(H,20,21). The van der Waals surface area contributed by atoms with Gasteiger partial charge in [0.05, 0.1) is 30.6 Å². The summed E-state index contributed by atoms with van der Waals surface area (Å²) in [5.74, 6) is 0.722. The highest BCUT2D eigenvalue weighted by Gasteiger charge is 2.41. The minimum absolute atomic E-state index is 0.357. The van der Waals surface area contributed by atoms with Crippen molar-refractivity contribution >= 4 is 17.7 Å². The molecular formula is C15H16ClN3O3. The van der Waals surface area contributed by atoms with E-state index in [9.17, 15) is 4.79 Å². The van der Waals surface area contributed by atoms with Crippen molar-refractivity contribution in [1.29, 1.82) is 0 Å². The zero-order valence-corrected chi connectivity index (χ0v) is 12.8. The smallest absolute Gasteiger partial charge is 0.405 e. The third-order valence-electron chi connectivity index (χ3n) is 3.73. The lowest BCUT2D eigenvalue weighted by molar-refractivity contribution is -0.0706. The van der Waals surface area contributed by atoms with Crippen molar-refractivity contribution in [3.8, 4) is 11.3 Å². The van der Waals surface area contributed by atoms with Crippen LogP contribution in [0.1, 0.15) is 11.4 Å². The summed E-state index contributed by atoms with van der Waals surface area (Å²) in [5.41, 5.74) is 2.27. The Balaban J connectivity index is 1.78. The number of aromatic nitrogens is 2. The Labute approximate surface area is 132 Å². The van der Waals surface area contributed by atoms with Gasteiger partial charge in [0, 0.05) is 11.4 Å². The van der Waals surface area contributed by atoms with Crippen LogP contribution >= 0.6 is 11.6 Å². The fourth-order valence-electron chi connectivity index (χ4n) is 2.53. The lowest BCUT2D eigenvalue weighted by Gasteiger charge is -2.40. The van der Waals surface area contributed by atoms with Gasteiger partial charge in [-0.3, -0.25) is 0 Å². The fourth-order valence-corrected chi connectivity index (χ4v) is 2.64. The normalized spacial score (nSPS) is 16.1. The summed E-state index contributed by atoms with van der Waals surface area (Å²) >= 11 is 6.03. The van der Waals surface area contributed by atoms with Crippen molar-refractivity contribution in [1.82, 2.24) is 15.3 Å². The highest BCUT2D eigenvalue weighted by molar-refractivity contribution is 6.31. The predicted octanol–water partition coefficient (Wildman–Crippen LogP) is 2.62. The lowest BCUT2D eigenvalue weighted by atomic mass is 9.93. The summed E-state index contributed by atoms with van der Waals surface area (Å²) in [7, 11) is 0. The maximum absolute atomic E-state index is 10.9. The molecule has 1 amide bonds. The van der Waals surface area contributed by atoms with E-state index < -0.39 is 11.6 Å². The summed E-state index contributed by atoms with van der Waals surface area (Å²) in [4.78, 5) is 18.5. The molecule has 0 spiro atoms. The van der Waals surface area contributed by atoms with E-state index >= 15 is 0 Å². The van der Waals surface area contributed by atoms with E-state index in [4.69, 9.17) is 21.4 Å². The van der Waals surface area contributed by atoms with Gasteiger partial charge in [0.2, 0.25) is 0 Å². The first kappa shape index (κ1) is 14.9. The highest BCUT2D eigenvalue weighted by Crippen LogP contribution is 2.25. The molecule has 1 aliphatic heterocycles. The lowest BCUT2D eigenvalue weighted by Crippen LogP contribution is -2.63. The largest absolute Gasteiger partial charge is 0.465 e. The second-order valence-electron chi connectivity index (χ2n) is 5.59. The number of halogens is 1. The number of carboxylic acid groups (broad SMARTS) is 1. The van der Waals surface area contributed by atoms with Crippen molar-refractivity contribution in [3.63, 3.8) is 0 Å². The Hall–Kier alpha value is -2.05. The molecule has 1 aromatic carbocycles. The number of aryl methyl sites for hydroxylation is 1. The Bertz CT molecular complexity index is 710. The predicted molar refractivity (Wildman–Crippen MR) is 82.2 cm³/mol. The van der Waals surface area contributed by atoms with E-state index in [1.54, 1.807) is 6.20 Å². The van der Waals surface area contributed by atoms with Crippen LogP contribution in [0.5, 0.6) is 0 Å². The molecule has 1 saturated heterocycles. The molecule has 0 bridgehead atoms. The van der Waals surface area contributed by atoms with Gasteiger partial charge in [0.25, 0.3) is 0 Å². The second kappa shape index (κ2) is 5.62. The molecule has 1 aromatic heterocycles. The third kappa shape index (κ3) is 2.93. The number of rotatable bonds is 4. The Morgan fingerprint density at radius 3 is 2.91 bits per heavy atom. The van der Waals surface area contributed by atoms with E-state index in [0.29, 0.717) is 19.6 Å². The van der Waals surface area contributed by atoms with Crippen LogP contribution in [0.4, 0.5) is 4.79 Å². The van der Waals surface area contributed by atoms with Gasteiger partial charge in [0.15, 0.2) is 0 Å². The van der Waals surface area contributed by atoms with Crippen molar-refractivity contribution in [2.75, 3.05) is 13.2 Å². The number of carbonyl (C=O) groups is 1. The summed E-state index contributed by atoms with van der Waals surface area (Å²) in [6.45, 7) is 2.66. The Morgan fingerprint density at radius 1 is 1.55 bits per heavy atom. The van der Waals surface area contributed by atoms with Crippen LogP contribution in [0.15, 0.2) is 24.4 Å². The van der Waals surface area contributed by atoms with Gasteiger partial charge >= 0.3 is 6.09 Å². The third-order valence-corrected chi connectivity index (χ3v) is 4.16. The van der Waals surface area contributed by atoms with Crippen LogP contribution in [0, 0.1) is 6.92 Å². The first-order valence-electron chi connectivity index (χ1n) is 6.87. The average Bonchev–Trinajstić information content (AvgIpc) is 2.87. The summed E-state index contributed by atoms with van der Waals surface area (Å²) < 4.78 is 5.15. The molecule has 3 rings (SSSR count). The monoisotopic (exact) mass is 321 g/mol. The summed E-state index contributed by atoms with van der Waals surface area (Å²) in [6, 6.07) is 5.75. The molecule has 1 aliphatic rings. The molecule has 0 radical (unpaired) electrons. The van der Waals surface area contributed by atoms with E-state index in [2.05, 4.69) is 15.3 Å². The van der Waals surface area contributed by atoms with Gasteiger partial charge in [0.1, 0.15) is 5.82 Å². The number of nitrogens with one attached hydrogen (secondary N) is 2. The number of hydrogen-bond donors (Lipinski definition) is 3. The van der Waals surface area contributed by atoms with Gasteiger partial charge in [-0.05, 0) is 30.2 Å². The molecule has 0 aliphatic carbocycles. The minimum atomic E-state index is -1.05. The van der Waals surface area contributed by atoms with E-state index in [0.717, 1.165) is 27.7 Å². The summed E-state index contributed by atoms with van der Waals surface area (Å²) in [6.07, 6.45) is 1.15. The Kier molecular flexibility index (Phi) is 3.80. The highest BCUT2D eigenvalue weighted by atomic mass is 35.5. The van der Waals surface area contributed by atoms with Crippen molar-refractivity contribution < 1.29 is 14.6 Å². The fraction of sp³-hybridized carbons (Fsp3) is 0.333. The molecule has 0 saturated carbocycles. The molecular weight excluding hydrogens is 306 g/mol. The van der Waals surface area contributed by atoms with Gasteiger partial charge in [-0.25, -0.2) is 9.78 Å². The zero-order valence-electron chi connectivity index (χ0n) is 12.0. The van der Waals surface area contributed by atoms with E-state index in [1.165, 1.54) is 0 Å². The number of hydrogen-bond acceptors (Lipinski definition) is 3. The van der Waals surface area contributed by atoms with Gasteiger partial charge in [-0.2, -0.15) is 0 Å². The van der Waals surface area contributed by atoms with Crippen LogP contribution in [0.25, 0.3) is 11.3 Å². The van der Waals surface area contributed by atoms with Crippen LogP contribution in [0.2, 0.25) is 5.02 Å². The van der Waals surface area contributed by atoms with Gasteiger partial charge < -0.3 is 20.1 Å². The molecule has 2 aromatic rings. The molecule has 6 nitrogen and oxygen atoms in total. The molecule has 7 heteroatoms. The number of aromatic amines is 1.